The van der Waals surface area contributed by atoms with Crippen LogP contribution in [0, 0.1) is 5.92 Å². The molecule has 0 amide bonds. The number of nitrogens with zero attached hydrogens (tertiary/aromatic N) is 1. The zero-order valence-corrected chi connectivity index (χ0v) is 8.73. The first kappa shape index (κ1) is 8.96. The lowest BCUT2D eigenvalue weighted by atomic mass is 9.96. The van der Waals surface area contributed by atoms with Gasteiger partial charge in [0.05, 0.1) is 0 Å². The lowest BCUT2D eigenvalue weighted by Crippen LogP contribution is -2.34. The smallest absolute Gasteiger partial charge is 0.141 e. The van der Waals surface area contributed by atoms with Gasteiger partial charge in [-0.3, -0.25) is 4.79 Å². The molecule has 2 atom stereocenters. The van der Waals surface area contributed by atoms with Crippen molar-refractivity contribution in [3.63, 3.8) is 0 Å². The van der Waals surface area contributed by atoms with Crippen LogP contribution in [-0.2, 0) is 4.79 Å². The van der Waals surface area contributed by atoms with E-state index in [4.69, 9.17) is 0 Å². The molecule has 0 aromatic carbocycles. The van der Waals surface area contributed by atoms with Gasteiger partial charge in [0.25, 0.3) is 0 Å². The number of hydrogen-bond donors (Lipinski definition) is 0. The molecule has 1 fully saturated rings. The van der Waals surface area contributed by atoms with Crippen LogP contribution in [0.15, 0.2) is 36.2 Å². The van der Waals surface area contributed by atoms with E-state index in [-0.39, 0.29) is 5.92 Å². The molecule has 3 rings (SSSR count). The van der Waals surface area contributed by atoms with Gasteiger partial charge < -0.3 is 4.90 Å². The number of Topliss-reactive ketones (excluding diaryl/α,β-unsaturated/α-hetero) is 1. The van der Waals surface area contributed by atoms with Crippen LogP contribution < -0.4 is 0 Å². The van der Waals surface area contributed by atoms with Crippen molar-refractivity contribution >= 4 is 5.78 Å². The van der Waals surface area contributed by atoms with Crippen LogP contribution in [-0.4, -0.2) is 16.7 Å². The summed E-state index contributed by atoms with van der Waals surface area (Å²) < 4.78 is 0. The number of rotatable bonds is 0. The second-order valence-electron chi connectivity index (χ2n) is 4.51. The maximum Gasteiger partial charge on any atom is 0.141 e. The molecule has 1 aliphatic carbocycles. The van der Waals surface area contributed by atoms with Crippen LogP contribution in [0.5, 0.6) is 0 Å². The molecule has 0 aromatic rings. The minimum absolute atomic E-state index is 0.273. The number of hydrogen-bond acceptors (Lipinski definition) is 2. The Hall–Kier alpha value is -1.31. The molecule has 1 saturated carbocycles. The molecule has 15 heavy (non-hydrogen) atoms. The van der Waals surface area contributed by atoms with Gasteiger partial charge in [-0.2, -0.15) is 0 Å². The Morgan fingerprint density at radius 1 is 1.27 bits per heavy atom. The molecule has 0 radical (unpaired) electrons. The normalized spacial score (nSPS) is 33.5. The van der Waals surface area contributed by atoms with E-state index in [1.54, 1.807) is 0 Å². The molecular weight excluding hydrogens is 186 g/mol. The summed E-state index contributed by atoms with van der Waals surface area (Å²) in [5, 5.41) is 0. The Bertz CT molecular complexity index is 378. The maximum absolute atomic E-state index is 11.9. The average Bonchev–Trinajstić information content (AvgIpc) is 2.71. The van der Waals surface area contributed by atoms with Crippen molar-refractivity contribution in [2.75, 3.05) is 0 Å². The summed E-state index contributed by atoms with van der Waals surface area (Å²) >= 11 is 0. The van der Waals surface area contributed by atoms with Crippen LogP contribution in [0.4, 0.5) is 0 Å². The van der Waals surface area contributed by atoms with Gasteiger partial charge >= 0.3 is 0 Å². The molecule has 0 aromatic heterocycles. The summed E-state index contributed by atoms with van der Waals surface area (Å²) in [6, 6.07) is 0.424. The predicted octanol–water partition coefficient (Wildman–Crippen LogP) is 2.40. The van der Waals surface area contributed by atoms with Gasteiger partial charge in [0.1, 0.15) is 5.78 Å². The summed E-state index contributed by atoms with van der Waals surface area (Å²) in [4.78, 5) is 14.2. The lowest BCUT2D eigenvalue weighted by molar-refractivity contribution is -0.122. The lowest BCUT2D eigenvalue weighted by Gasteiger charge is -2.31. The van der Waals surface area contributed by atoms with Crippen molar-refractivity contribution in [2.24, 2.45) is 5.92 Å². The van der Waals surface area contributed by atoms with Crippen LogP contribution in [0.2, 0.25) is 0 Å². The fourth-order valence-electron chi connectivity index (χ4n) is 2.95. The standard InChI is InChI=1S/C13H15NO/c15-13-8-7-10-4-1-2-9-14(10)12-6-3-5-11(12)13/h1-2,4,7,9,11-12H,3,5-6,8H2. The molecule has 0 saturated heterocycles. The highest BCUT2D eigenvalue weighted by Crippen LogP contribution is 2.36. The van der Waals surface area contributed by atoms with Crippen LogP contribution in [0.1, 0.15) is 25.7 Å². The van der Waals surface area contributed by atoms with E-state index < -0.39 is 0 Å². The molecule has 2 heteroatoms. The highest BCUT2D eigenvalue weighted by Gasteiger charge is 2.37. The Labute approximate surface area is 90.0 Å². The number of carbonyl (C=O) groups excluding carboxylic acids is 1. The first-order valence-electron chi connectivity index (χ1n) is 5.72. The summed E-state index contributed by atoms with van der Waals surface area (Å²) in [5.41, 5.74) is 1.21. The molecule has 3 aliphatic rings. The highest BCUT2D eigenvalue weighted by atomic mass is 16.1. The van der Waals surface area contributed by atoms with Crippen molar-refractivity contribution in [3.05, 3.63) is 36.2 Å². The molecule has 2 heterocycles. The molecule has 0 N–H and O–H groups in total. The summed E-state index contributed by atoms with van der Waals surface area (Å²) in [7, 11) is 0. The third kappa shape index (κ3) is 1.36. The highest BCUT2D eigenvalue weighted by molar-refractivity contribution is 5.84. The van der Waals surface area contributed by atoms with Crippen molar-refractivity contribution in [2.45, 2.75) is 31.7 Å². The van der Waals surface area contributed by atoms with E-state index in [9.17, 15) is 4.79 Å². The van der Waals surface area contributed by atoms with Gasteiger partial charge in [0, 0.05) is 30.3 Å². The van der Waals surface area contributed by atoms with E-state index in [0.717, 1.165) is 12.8 Å². The van der Waals surface area contributed by atoms with Crippen molar-refractivity contribution < 1.29 is 4.79 Å². The van der Waals surface area contributed by atoms with Gasteiger partial charge in [0.2, 0.25) is 0 Å². The SMILES string of the molecule is O=C1CC=C2C=CC=CN2C2CCCC12. The van der Waals surface area contributed by atoms with E-state index in [2.05, 4.69) is 29.3 Å². The monoisotopic (exact) mass is 201 g/mol. The third-order valence-corrected chi connectivity index (χ3v) is 3.69. The van der Waals surface area contributed by atoms with Gasteiger partial charge in [-0.1, -0.05) is 18.6 Å². The summed E-state index contributed by atoms with van der Waals surface area (Å²) in [6.07, 6.45) is 14.4. The number of ketones is 1. The van der Waals surface area contributed by atoms with E-state index in [1.807, 2.05) is 6.08 Å². The van der Waals surface area contributed by atoms with Crippen LogP contribution >= 0.6 is 0 Å². The largest absolute Gasteiger partial charge is 0.344 e. The second kappa shape index (κ2) is 3.37. The number of carbonyl (C=O) groups is 1. The Kier molecular flexibility index (Phi) is 2.01. The van der Waals surface area contributed by atoms with E-state index in [0.29, 0.717) is 18.2 Å². The second-order valence-corrected chi connectivity index (χ2v) is 4.51. The molecule has 2 nitrogen and oxygen atoms in total. The average molecular weight is 201 g/mol. The molecule has 78 valence electrons. The fourth-order valence-corrected chi connectivity index (χ4v) is 2.95. The maximum atomic E-state index is 11.9. The molecular formula is C13H15NO. The van der Waals surface area contributed by atoms with Crippen LogP contribution in [0.3, 0.4) is 0 Å². The molecule has 0 bridgehead atoms. The van der Waals surface area contributed by atoms with Crippen LogP contribution in [0.25, 0.3) is 0 Å². The van der Waals surface area contributed by atoms with Crippen molar-refractivity contribution in [3.8, 4) is 0 Å². The number of fused-ring (bicyclic) bond motifs is 3. The first-order chi connectivity index (χ1) is 7.36. The molecule has 0 spiro atoms. The van der Waals surface area contributed by atoms with Crippen molar-refractivity contribution in [1.29, 1.82) is 0 Å². The quantitative estimate of drug-likeness (QED) is 0.600. The van der Waals surface area contributed by atoms with Gasteiger partial charge in [-0.15, -0.1) is 0 Å². The van der Waals surface area contributed by atoms with E-state index in [1.165, 1.54) is 12.1 Å². The third-order valence-electron chi connectivity index (χ3n) is 3.69. The molecule has 2 unspecified atom stereocenters. The van der Waals surface area contributed by atoms with Gasteiger partial charge in [-0.25, -0.2) is 0 Å². The Morgan fingerprint density at radius 3 is 3.13 bits per heavy atom. The van der Waals surface area contributed by atoms with Gasteiger partial charge in [0.15, 0.2) is 0 Å². The first-order valence-corrected chi connectivity index (χ1v) is 5.72. The van der Waals surface area contributed by atoms with Gasteiger partial charge in [-0.05, 0) is 25.0 Å². The zero-order chi connectivity index (χ0) is 10.3. The Balaban J connectivity index is 2.00. The fraction of sp³-hybridized carbons (Fsp3) is 0.462. The Morgan fingerprint density at radius 2 is 2.20 bits per heavy atom. The topological polar surface area (TPSA) is 20.3 Å². The summed E-state index contributed by atoms with van der Waals surface area (Å²) in [5.74, 6) is 0.705. The minimum Gasteiger partial charge on any atom is -0.344 e. The predicted molar refractivity (Wildman–Crippen MR) is 59.0 cm³/mol. The van der Waals surface area contributed by atoms with Crippen molar-refractivity contribution in [1.82, 2.24) is 4.90 Å². The number of allylic oxidation sites excluding steroid dienone is 4. The van der Waals surface area contributed by atoms with E-state index >= 15 is 0 Å². The zero-order valence-electron chi connectivity index (χ0n) is 8.73. The molecule has 2 aliphatic heterocycles. The minimum atomic E-state index is 0.273. The summed E-state index contributed by atoms with van der Waals surface area (Å²) in [6.45, 7) is 0.